The van der Waals surface area contributed by atoms with Gasteiger partial charge >= 0.3 is 0 Å². The molecule has 0 fully saturated rings. The summed E-state index contributed by atoms with van der Waals surface area (Å²) in [6.07, 6.45) is 0. The molecule has 0 aliphatic carbocycles. The van der Waals surface area contributed by atoms with Crippen LogP contribution in [0.15, 0.2) is 18.2 Å². The number of hydrogen-bond acceptors (Lipinski definition) is 5. The van der Waals surface area contributed by atoms with Gasteiger partial charge in [-0.1, -0.05) is 6.92 Å². The van der Waals surface area contributed by atoms with Crippen LogP contribution in [0.25, 0.3) is 0 Å². The highest BCUT2D eigenvalue weighted by atomic mass is 16.6. The van der Waals surface area contributed by atoms with Gasteiger partial charge in [-0.25, -0.2) is 0 Å². The number of non-ortho nitro benzene ring substituents is 1. The molecule has 0 radical (unpaired) electrons. The third-order valence-corrected chi connectivity index (χ3v) is 2.53. The first kappa shape index (κ1) is 14.4. The molecule has 1 rings (SSSR count). The van der Waals surface area contributed by atoms with E-state index in [1.807, 2.05) is 6.92 Å². The number of hydrogen-bond donors (Lipinski definition) is 2. The lowest BCUT2D eigenvalue weighted by atomic mass is 10.1. The number of aliphatic hydroxyl groups is 1. The van der Waals surface area contributed by atoms with E-state index in [-0.39, 0.29) is 18.2 Å². The van der Waals surface area contributed by atoms with Gasteiger partial charge in [0.2, 0.25) is 0 Å². The summed E-state index contributed by atoms with van der Waals surface area (Å²) in [5.41, 5.74) is 0.799. The second-order valence-electron chi connectivity index (χ2n) is 4.22. The predicted octanol–water partition coefficient (Wildman–Crippen LogP) is 1.32. The molecule has 1 unspecified atom stereocenters. The lowest BCUT2D eigenvalue weighted by Gasteiger charge is -2.10. The Morgan fingerprint density at radius 2 is 2.22 bits per heavy atom. The minimum Gasteiger partial charge on any atom is -0.496 e. The number of aliphatic hydroxyl groups excluding tert-OH is 1. The van der Waals surface area contributed by atoms with Crippen molar-refractivity contribution in [1.29, 1.82) is 0 Å². The van der Waals surface area contributed by atoms with E-state index in [0.29, 0.717) is 18.8 Å². The van der Waals surface area contributed by atoms with Gasteiger partial charge in [-0.05, 0) is 17.5 Å². The summed E-state index contributed by atoms with van der Waals surface area (Å²) in [6.45, 7) is 3.19. The Labute approximate surface area is 106 Å². The number of nitrogens with zero attached hydrogens (tertiary/aromatic N) is 1. The predicted molar refractivity (Wildman–Crippen MR) is 67.6 cm³/mol. The minimum atomic E-state index is -0.442. The van der Waals surface area contributed by atoms with Crippen molar-refractivity contribution in [2.24, 2.45) is 5.92 Å². The Morgan fingerprint density at radius 3 is 2.78 bits per heavy atom. The van der Waals surface area contributed by atoms with Gasteiger partial charge in [0.1, 0.15) is 5.75 Å². The van der Waals surface area contributed by atoms with Gasteiger partial charge in [-0.3, -0.25) is 10.1 Å². The molecule has 0 saturated heterocycles. The summed E-state index contributed by atoms with van der Waals surface area (Å²) in [5.74, 6) is 0.627. The number of nitro benzene ring substituents is 1. The van der Waals surface area contributed by atoms with Crippen molar-refractivity contribution in [2.45, 2.75) is 13.5 Å². The van der Waals surface area contributed by atoms with Crippen LogP contribution < -0.4 is 10.1 Å². The normalized spacial score (nSPS) is 12.2. The van der Waals surface area contributed by atoms with Crippen molar-refractivity contribution in [2.75, 3.05) is 20.3 Å². The number of nitro groups is 1. The second-order valence-corrected chi connectivity index (χ2v) is 4.22. The van der Waals surface area contributed by atoms with Crippen LogP contribution >= 0.6 is 0 Å². The topological polar surface area (TPSA) is 84.6 Å². The maximum absolute atomic E-state index is 10.7. The Hall–Kier alpha value is -1.66. The summed E-state index contributed by atoms with van der Waals surface area (Å²) >= 11 is 0. The van der Waals surface area contributed by atoms with Crippen molar-refractivity contribution in [3.8, 4) is 5.75 Å². The average molecular weight is 254 g/mol. The van der Waals surface area contributed by atoms with Gasteiger partial charge in [-0.15, -0.1) is 0 Å². The summed E-state index contributed by atoms with van der Waals surface area (Å²) in [5, 5.41) is 22.8. The van der Waals surface area contributed by atoms with Crippen LogP contribution in [0.1, 0.15) is 12.5 Å². The van der Waals surface area contributed by atoms with Crippen LogP contribution in [0.4, 0.5) is 5.69 Å². The van der Waals surface area contributed by atoms with Crippen LogP contribution in [-0.4, -0.2) is 30.3 Å². The summed E-state index contributed by atoms with van der Waals surface area (Å²) in [4.78, 5) is 10.3. The maximum Gasteiger partial charge on any atom is 0.273 e. The van der Waals surface area contributed by atoms with Gasteiger partial charge in [0, 0.05) is 25.8 Å². The molecule has 0 heterocycles. The van der Waals surface area contributed by atoms with E-state index in [1.165, 1.54) is 19.2 Å². The van der Waals surface area contributed by atoms with Crippen molar-refractivity contribution in [1.82, 2.24) is 5.32 Å². The maximum atomic E-state index is 10.7. The third kappa shape index (κ3) is 4.31. The van der Waals surface area contributed by atoms with Gasteiger partial charge in [-0.2, -0.15) is 0 Å². The van der Waals surface area contributed by atoms with Crippen molar-refractivity contribution < 1.29 is 14.8 Å². The van der Waals surface area contributed by atoms with E-state index < -0.39 is 4.92 Å². The molecule has 6 nitrogen and oxygen atoms in total. The molecule has 2 N–H and O–H groups in total. The lowest BCUT2D eigenvalue weighted by Crippen LogP contribution is -2.22. The molecule has 0 saturated carbocycles. The molecule has 6 heteroatoms. The molecule has 1 aromatic carbocycles. The molecule has 0 bridgehead atoms. The van der Waals surface area contributed by atoms with E-state index in [9.17, 15) is 10.1 Å². The second kappa shape index (κ2) is 6.93. The van der Waals surface area contributed by atoms with Gasteiger partial charge in [0.15, 0.2) is 0 Å². The van der Waals surface area contributed by atoms with Gasteiger partial charge < -0.3 is 15.2 Å². The molecular formula is C12H18N2O4. The van der Waals surface area contributed by atoms with Crippen LogP contribution in [0.3, 0.4) is 0 Å². The molecule has 1 atom stereocenters. The van der Waals surface area contributed by atoms with Crippen LogP contribution in [-0.2, 0) is 6.54 Å². The minimum absolute atomic E-state index is 0.0151. The molecule has 18 heavy (non-hydrogen) atoms. The highest BCUT2D eigenvalue weighted by Crippen LogP contribution is 2.22. The fraction of sp³-hybridized carbons (Fsp3) is 0.500. The smallest absolute Gasteiger partial charge is 0.273 e. The molecule has 0 aromatic heterocycles. The fourth-order valence-electron chi connectivity index (χ4n) is 1.50. The Kier molecular flexibility index (Phi) is 5.54. The molecule has 0 amide bonds. The molecule has 0 aliphatic rings. The molecular weight excluding hydrogens is 236 g/mol. The largest absolute Gasteiger partial charge is 0.496 e. The summed E-state index contributed by atoms with van der Waals surface area (Å²) in [6, 6.07) is 4.66. The Morgan fingerprint density at radius 1 is 1.50 bits per heavy atom. The molecule has 0 spiro atoms. The average Bonchev–Trinajstić information content (AvgIpc) is 2.37. The number of rotatable bonds is 7. The van der Waals surface area contributed by atoms with Crippen molar-refractivity contribution >= 4 is 5.69 Å². The molecule has 1 aromatic rings. The van der Waals surface area contributed by atoms with Crippen LogP contribution in [0.2, 0.25) is 0 Å². The summed E-state index contributed by atoms with van der Waals surface area (Å²) in [7, 11) is 1.48. The monoisotopic (exact) mass is 254 g/mol. The van der Waals surface area contributed by atoms with E-state index in [1.54, 1.807) is 6.07 Å². The highest BCUT2D eigenvalue weighted by Gasteiger charge is 2.10. The Bertz CT molecular complexity index is 409. The van der Waals surface area contributed by atoms with E-state index in [2.05, 4.69) is 5.32 Å². The SMILES string of the molecule is COc1cc(CNCC(C)CO)cc([N+](=O)[O-])c1. The quantitative estimate of drug-likeness (QED) is 0.566. The number of benzene rings is 1. The lowest BCUT2D eigenvalue weighted by molar-refractivity contribution is -0.385. The van der Waals surface area contributed by atoms with Gasteiger partial charge in [0.25, 0.3) is 5.69 Å². The molecule has 100 valence electrons. The number of ether oxygens (including phenoxy) is 1. The van der Waals surface area contributed by atoms with Crippen LogP contribution in [0.5, 0.6) is 5.75 Å². The Balaban J connectivity index is 2.69. The van der Waals surface area contributed by atoms with E-state index in [4.69, 9.17) is 9.84 Å². The number of methoxy groups -OCH3 is 1. The summed E-state index contributed by atoms with van der Waals surface area (Å²) < 4.78 is 5.02. The zero-order valence-electron chi connectivity index (χ0n) is 10.5. The highest BCUT2D eigenvalue weighted by molar-refractivity contribution is 5.42. The fourth-order valence-corrected chi connectivity index (χ4v) is 1.50. The first-order chi connectivity index (χ1) is 8.56. The molecule has 0 aliphatic heterocycles. The first-order valence-electron chi connectivity index (χ1n) is 5.70. The van der Waals surface area contributed by atoms with Crippen molar-refractivity contribution in [3.63, 3.8) is 0 Å². The number of nitrogens with one attached hydrogen (secondary N) is 1. The van der Waals surface area contributed by atoms with Gasteiger partial charge in [0.05, 0.1) is 18.1 Å². The zero-order chi connectivity index (χ0) is 13.5. The van der Waals surface area contributed by atoms with Crippen LogP contribution in [0, 0.1) is 16.0 Å². The first-order valence-corrected chi connectivity index (χ1v) is 5.70. The zero-order valence-corrected chi connectivity index (χ0v) is 10.5. The van der Waals surface area contributed by atoms with E-state index >= 15 is 0 Å². The van der Waals surface area contributed by atoms with E-state index in [0.717, 1.165) is 5.56 Å². The third-order valence-electron chi connectivity index (χ3n) is 2.53. The van der Waals surface area contributed by atoms with Crippen molar-refractivity contribution in [3.05, 3.63) is 33.9 Å². The standard InChI is InChI=1S/C12H18N2O4/c1-9(8-15)6-13-7-10-3-11(14(16)17)5-12(4-10)18-2/h3-5,9,13,15H,6-8H2,1-2H3.